The van der Waals surface area contributed by atoms with Crippen LogP contribution in [0.5, 0.6) is 0 Å². The number of para-hydroxylation sites is 1. The molecule has 0 spiro atoms. The fourth-order valence-electron chi connectivity index (χ4n) is 5.62. The molecule has 1 saturated carbocycles. The van der Waals surface area contributed by atoms with Crippen LogP contribution in [0.15, 0.2) is 79.0 Å². The zero-order valence-corrected chi connectivity index (χ0v) is 20.8. The number of carbonyl (C=O) groups excluding carboxylic acids is 1. The summed E-state index contributed by atoms with van der Waals surface area (Å²) in [6.45, 7) is 2.10. The van der Waals surface area contributed by atoms with Crippen LogP contribution < -0.4 is 11.1 Å². The number of carbonyl (C=O) groups is 1. The summed E-state index contributed by atoms with van der Waals surface area (Å²) >= 11 is 0. The van der Waals surface area contributed by atoms with Crippen molar-refractivity contribution in [2.24, 2.45) is 5.73 Å². The second kappa shape index (κ2) is 9.37. The maximum atomic E-state index is 12.2. The number of hydrogen-bond acceptors (Lipinski definition) is 4. The summed E-state index contributed by atoms with van der Waals surface area (Å²) in [6, 6.07) is 24.9. The number of pyridine rings is 1. The van der Waals surface area contributed by atoms with Crippen molar-refractivity contribution < 1.29 is 9.90 Å². The minimum atomic E-state index is -0.454. The van der Waals surface area contributed by atoms with Gasteiger partial charge in [-0.25, -0.2) is 0 Å². The number of aryl methyl sites for hydroxylation is 1. The van der Waals surface area contributed by atoms with Gasteiger partial charge in [-0.1, -0.05) is 30.3 Å². The highest BCUT2D eigenvalue weighted by molar-refractivity contribution is 6.00. The first-order valence-corrected chi connectivity index (χ1v) is 12.8. The molecule has 6 nitrogen and oxygen atoms in total. The van der Waals surface area contributed by atoms with Gasteiger partial charge in [0, 0.05) is 45.6 Å². The zero-order chi connectivity index (χ0) is 25.5. The van der Waals surface area contributed by atoms with Crippen LogP contribution in [-0.4, -0.2) is 32.7 Å². The lowest BCUT2D eigenvalue weighted by Crippen LogP contribution is -2.29. The number of rotatable bonds is 5. The first kappa shape index (κ1) is 23.3. The highest BCUT2D eigenvalue weighted by Crippen LogP contribution is 2.35. The Kier molecular flexibility index (Phi) is 5.89. The van der Waals surface area contributed by atoms with Crippen molar-refractivity contribution in [3.05, 3.63) is 90.3 Å². The molecule has 1 aliphatic carbocycles. The number of nitrogens with two attached hydrogens (primary N) is 1. The Balaban J connectivity index is 1.43. The number of benzene rings is 3. The van der Waals surface area contributed by atoms with E-state index < -0.39 is 5.91 Å². The molecule has 3 aromatic carbocycles. The Labute approximate surface area is 215 Å². The van der Waals surface area contributed by atoms with Crippen molar-refractivity contribution in [2.45, 2.75) is 44.8 Å². The van der Waals surface area contributed by atoms with E-state index in [4.69, 9.17) is 5.73 Å². The summed E-state index contributed by atoms with van der Waals surface area (Å²) in [6.07, 6.45) is 4.94. The molecule has 1 fully saturated rings. The Hall–Kier alpha value is -4.16. The first-order chi connectivity index (χ1) is 18.0. The number of primary amides is 1. The van der Waals surface area contributed by atoms with E-state index in [1.165, 1.54) is 0 Å². The fraction of sp³-hybridized carbons (Fsp3) is 0.226. The van der Waals surface area contributed by atoms with E-state index in [9.17, 15) is 9.90 Å². The van der Waals surface area contributed by atoms with Crippen molar-refractivity contribution in [3.8, 4) is 16.8 Å². The minimum absolute atomic E-state index is 0.200. The standard InChI is InChI=1S/C31H30N4O2/c1-19-15-27-25(21-16-20-5-2-3-7-28(20)33-18-21)6-4-8-30(27)35(19)23-11-14-26(31(32)37)29(17-23)34-22-9-12-24(36)13-10-22/h2-8,11,14-18,22,24,34,36H,9-10,12-13H2,1H3,(H2,32,37)/t22-,24-. The van der Waals surface area contributed by atoms with Crippen molar-refractivity contribution in [1.29, 1.82) is 0 Å². The van der Waals surface area contributed by atoms with E-state index in [-0.39, 0.29) is 12.1 Å². The summed E-state index contributed by atoms with van der Waals surface area (Å²) in [5, 5.41) is 15.7. The lowest BCUT2D eigenvalue weighted by atomic mass is 9.92. The highest BCUT2D eigenvalue weighted by Gasteiger charge is 2.21. The molecule has 0 saturated heterocycles. The van der Waals surface area contributed by atoms with Gasteiger partial charge in [-0.3, -0.25) is 9.78 Å². The van der Waals surface area contributed by atoms with E-state index in [0.717, 1.165) is 75.7 Å². The maximum absolute atomic E-state index is 12.2. The van der Waals surface area contributed by atoms with Gasteiger partial charge in [-0.15, -0.1) is 0 Å². The summed E-state index contributed by atoms with van der Waals surface area (Å²) in [4.78, 5) is 16.9. The van der Waals surface area contributed by atoms with Crippen molar-refractivity contribution in [2.75, 3.05) is 5.32 Å². The quantitative estimate of drug-likeness (QED) is 0.283. The van der Waals surface area contributed by atoms with E-state index >= 15 is 0 Å². The molecule has 2 aromatic heterocycles. The number of aromatic nitrogens is 2. The first-order valence-electron chi connectivity index (χ1n) is 12.8. The Bertz CT molecular complexity index is 1630. The van der Waals surface area contributed by atoms with Gasteiger partial charge in [-0.2, -0.15) is 0 Å². The predicted octanol–water partition coefficient (Wildman–Crippen LogP) is 5.97. The third kappa shape index (κ3) is 4.34. The molecule has 4 N–H and O–H groups in total. The Morgan fingerprint density at radius 1 is 1.00 bits per heavy atom. The molecule has 1 aliphatic rings. The second-order valence-electron chi connectivity index (χ2n) is 10.0. The molecule has 0 aliphatic heterocycles. The van der Waals surface area contributed by atoms with E-state index in [0.29, 0.717) is 5.56 Å². The highest BCUT2D eigenvalue weighted by atomic mass is 16.3. The second-order valence-corrected chi connectivity index (χ2v) is 10.0. The lowest BCUT2D eigenvalue weighted by molar-refractivity contribution is 0.100. The average Bonchev–Trinajstić information content (AvgIpc) is 3.25. The Morgan fingerprint density at radius 2 is 1.81 bits per heavy atom. The van der Waals surface area contributed by atoms with Gasteiger partial charge in [0.2, 0.25) is 0 Å². The summed E-state index contributed by atoms with van der Waals surface area (Å²) < 4.78 is 2.22. The third-order valence-electron chi connectivity index (χ3n) is 7.51. The van der Waals surface area contributed by atoms with Crippen LogP contribution in [0.2, 0.25) is 0 Å². The molecule has 0 unspecified atom stereocenters. The van der Waals surface area contributed by atoms with Crippen molar-refractivity contribution in [1.82, 2.24) is 9.55 Å². The normalized spacial score (nSPS) is 17.8. The van der Waals surface area contributed by atoms with Crippen LogP contribution in [0.25, 0.3) is 38.6 Å². The van der Waals surface area contributed by atoms with Gasteiger partial charge >= 0.3 is 0 Å². The van der Waals surface area contributed by atoms with Crippen molar-refractivity contribution >= 4 is 33.4 Å². The van der Waals surface area contributed by atoms with E-state index in [1.54, 1.807) is 6.07 Å². The molecular weight excluding hydrogens is 460 g/mol. The van der Waals surface area contributed by atoms with Crippen LogP contribution in [-0.2, 0) is 0 Å². The maximum Gasteiger partial charge on any atom is 0.250 e. The molecule has 0 bridgehead atoms. The van der Waals surface area contributed by atoms with Gasteiger partial charge in [0.05, 0.1) is 22.7 Å². The number of aliphatic hydroxyl groups excluding tert-OH is 1. The smallest absolute Gasteiger partial charge is 0.250 e. The average molecular weight is 491 g/mol. The van der Waals surface area contributed by atoms with Crippen LogP contribution in [0.3, 0.4) is 0 Å². The van der Waals surface area contributed by atoms with Gasteiger partial charge < -0.3 is 20.7 Å². The van der Waals surface area contributed by atoms with Gasteiger partial charge in [0.15, 0.2) is 0 Å². The summed E-state index contributed by atoms with van der Waals surface area (Å²) in [5.41, 5.74) is 13.3. The molecule has 0 radical (unpaired) electrons. The molecule has 37 heavy (non-hydrogen) atoms. The lowest BCUT2D eigenvalue weighted by Gasteiger charge is -2.28. The predicted molar refractivity (Wildman–Crippen MR) is 149 cm³/mol. The van der Waals surface area contributed by atoms with Crippen LogP contribution in [0.4, 0.5) is 5.69 Å². The number of aliphatic hydroxyl groups is 1. The fourth-order valence-corrected chi connectivity index (χ4v) is 5.62. The molecule has 6 rings (SSSR count). The molecule has 2 heterocycles. The number of nitrogens with one attached hydrogen (secondary N) is 1. The molecular formula is C31H30N4O2. The SMILES string of the molecule is Cc1cc2c(-c3cnc4ccccc4c3)cccc2n1-c1ccc(C(N)=O)c(N[C@H]2CC[C@H](O)CC2)c1. The largest absolute Gasteiger partial charge is 0.393 e. The van der Waals surface area contributed by atoms with Crippen LogP contribution >= 0.6 is 0 Å². The molecule has 1 amide bonds. The number of amides is 1. The minimum Gasteiger partial charge on any atom is -0.393 e. The monoisotopic (exact) mass is 490 g/mol. The van der Waals surface area contributed by atoms with Gasteiger partial charge in [-0.05, 0) is 80.6 Å². The zero-order valence-electron chi connectivity index (χ0n) is 20.8. The molecule has 5 aromatic rings. The number of fused-ring (bicyclic) bond motifs is 2. The molecule has 186 valence electrons. The number of nitrogens with zero attached hydrogens (tertiary/aromatic N) is 2. The summed E-state index contributed by atoms with van der Waals surface area (Å²) in [5.74, 6) is -0.454. The Morgan fingerprint density at radius 3 is 2.62 bits per heavy atom. The van der Waals surface area contributed by atoms with Gasteiger partial charge in [0.1, 0.15) is 0 Å². The topological polar surface area (TPSA) is 93.2 Å². The number of anilines is 1. The van der Waals surface area contributed by atoms with E-state index in [1.807, 2.05) is 36.5 Å². The molecule has 6 heteroatoms. The number of hydrogen-bond donors (Lipinski definition) is 3. The van der Waals surface area contributed by atoms with Crippen LogP contribution in [0, 0.1) is 6.92 Å². The third-order valence-corrected chi connectivity index (χ3v) is 7.51. The van der Waals surface area contributed by atoms with Crippen molar-refractivity contribution in [3.63, 3.8) is 0 Å². The molecule has 0 atom stereocenters. The van der Waals surface area contributed by atoms with Crippen LogP contribution in [0.1, 0.15) is 41.7 Å². The van der Waals surface area contributed by atoms with Gasteiger partial charge in [0.25, 0.3) is 5.91 Å². The van der Waals surface area contributed by atoms with E-state index in [2.05, 4.69) is 58.2 Å². The summed E-state index contributed by atoms with van der Waals surface area (Å²) in [7, 11) is 0.